The highest BCUT2D eigenvalue weighted by Gasteiger charge is 2.23. The zero-order valence-electron chi connectivity index (χ0n) is 11.3. The van der Waals surface area contributed by atoms with Crippen LogP contribution in [0.3, 0.4) is 0 Å². The van der Waals surface area contributed by atoms with Gasteiger partial charge in [0.2, 0.25) is 0 Å². The number of alkyl halides is 1. The number of rotatable bonds is 5. The van der Waals surface area contributed by atoms with Gasteiger partial charge in [-0.1, -0.05) is 26.8 Å². The molecule has 0 saturated heterocycles. The molecule has 0 spiro atoms. The summed E-state index contributed by atoms with van der Waals surface area (Å²) >= 11 is 5.85. The summed E-state index contributed by atoms with van der Waals surface area (Å²) in [6.45, 7) is 9.53. The minimum atomic E-state index is 0.221. The van der Waals surface area contributed by atoms with Gasteiger partial charge in [-0.15, -0.1) is 11.6 Å². The molecule has 1 atom stereocenters. The van der Waals surface area contributed by atoms with E-state index in [1.54, 1.807) is 0 Å². The van der Waals surface area contributed by atoms with Crippen molar-refractivity contribution in [3.63, 3.8) is 0 Å². The predicted octanol–water partition coefficient (Wildman–Crippen LogP) is 3.52. The van der Waals surface area contributed by atoms with Crippen LogP contribution >= 0.6 is 11.6 Å². The lowest BCUT2D eigenvalue weighted by Crippen LogP contribution is -2.40. The van der Waals surface area contributed by atoms with Gasteiger partial charge in [0, 0.05) is 24.2 Å². The highest BCUT2D eigenvalue weighted by molar-refractivity contribution is 6.17. The normalized spacial score (nSPS) is 13.7. The summed E-state index contributed by atoms with van der Waals surface area (Å²) in [5.74, 6) is 0.691. The third kappa shape index (κ3) is 5.05. The number of halogens is 1. The number of nitrogens with one attached hydrogen (secondary N) is 1. The Balaban J connectivity index is 2.58. The number of hydrogen-bond acceptors (Lipinski definition) is 2. The number of aryl methyl sites for hydroxylation is 1. The van der Waals surface area contributed by atoms with Crippen molar-refractivity contribution in [3.05, 3.63) is 29.6 Å². The van der Waals surface area contributed by atoms with Crippen LogP contribution in [0.5, 0.6) is 0 Å². The van der Waals surface area contributed by atoms with Crippen LogP contribution in [-0.4, -0.2) is 16.9 Å². The van der Waals surface area contributed by atoms with E-state index in [4.69, 9.17) is 11.6 Å². The van der Waals surface area contributed by atoms with E-state index in [2.05, 4.69) is 37.1 Å². The topological polar surface area (TPSA) is 24.9 Å². The third-order valence-electron chi connectivity index (χ3n) is 2.92. The predicted molar refractivity (Wildman–Crippen MR) is 74.4 cm³/mol. The van der Waals surface area contributed by atoms with Crippen LogP contribution in [0.25, 0.3) is 0 Å². The van der Waals surface area contributed by atoms with E-state index in [0.29, 0.717) is 11.9 Å². The summed E-state index contributed by atoms with van der Waals surface area (Å²) in [5, 5.41) is 3.56. The summed E-state index contributed by atoms with van der Waals surface area (Å²) in [5.41, 5.74) is 2.38. The van der Waals surface area contributed by atoms with Crippen LogP contribution in [-0.2, 0) is 6.54 Å². The molecule has 0 radical (unpaired) electrons. The van der Waals surface area contributed by atoms with Crippen LogP contribution < -0.4 is 5.32 Å². The van der Waals surface area contributed by atoms with Crippen molar-refractivity contribution in [2.45, 2.75) is 46.7 Å². The molecule has 0 amide bonds. The van der Waals surface area contributed by atoms with Gasteiger partial charge >= 0.3 is 0 Å². The quantitative estimate of drug-likeness (QED) is 0.814. The molecule has 0 fully saturated rings. The van der Waals surface area contributed by atoms with E-state index in [1.807, 2.05) is 19.1 Å². The fourth-order valence-corrected chi connectivity index (χ4v) is 2.09. The number of hydrogen-bond donors (Lipinski definition) is 1. The van der Waals surface area contributed by atoms with E-state index in [1.165, 1.54) is 0 Å². The molecule has 1 aromatic heterocycles. The Labute approximate surface area is 110 Å². The fourth-order valence-electron chi connectivity index (χ4n) is 1.88. The molecule has 1 rings (SSSR count). The molecular formula is C14H23ClN2. The lowest BCUT2D eigenvalue weighted by Gasteiger charge is -2.31. The molecule has 0 aliphatic carbocycles. The zero-order chi connectivity index (χ0) is 12.9. The fraction of sp³-hybridized carbons (Fsp3) is 0.643. The van der Waals surface area contributed by atoms with Gasteiger partial charge in [0.05, 0.1) is 5.69 Å². The van der Waals surface area contributed by atoms with Gasteiger partial charge in [0.15, 0.2) is 0 Å². The molecule has 0 aliphatic heterocycles. The van der Waals surface area contributed by atoms with Crippen LogP contribution in [0.2, 0.25) is 0 Å². The van der Waals surface area contributed by atoms with Gasteiger partial charge in [0.25, 0.3) is 0 Å². The minimum absolute atomic E-state index is 0.221. The van der Waals surface area contributed by atoms with Crippen molar-refractivity contribution >= 4 is 11.6 Å². The zero-order valence-corrected chi connectivity index (χ0v) is 12.0. The van der Waals surface area contributed by atoms with E-state index in [-0.39, 0.29) is 5.41 Å². The van der Waals surface area contributed by atoms with E-state index in [9.17, 15) is 0 Å². The Kier molecular flexibility index (Phi) is 5.41. The summed E-state index contributed by atoms with van der Waals surface area (Å²) < 4.78 is 0. The number of pyridine rings is 1. The van der Waals surface area contributed by atoms with Crippen molar-refractivity contribution in [3.8, 4) is 0 Å². The van der Waals surface area contributed by atoms with Crippen molar-refractivity contribution in [2.75, 3.05) is 5.88 Å². The Morgan fingerprint density at radius 3 is 2.59 bits per heavy atom. The SMILES string of the molecule is Cc1cccc(CNC(CCCl)C(C)(C)C)n1. The van der Waals surface area contributed by atoms with E-state index < -0.39 is 0 Å². The molecule has 0 saturated carbocycles. The lowest BCUT2D eigenvalue weighted by molar-refractivity contribution is 0.260. The molecule has 0 bridgehead atoms. The monoisotopic (exact) mass is 254 g/mol. The van der Waals surface area contributed by atoms with Crippen molar-refractivity contribution in [1.29, 1.82) is 0 Å². The van der Waals surface area contributed by atoms with Gasteiger partial charge < -0.3 is 5.32 Å². The molecule has 2 nitrogen and oxygen atoms in total. The first-order valence-corrected chi connectivity index (χ1v) is 6.69. The largest absolute Gasteiger partial charge is 0.308 e. The maximum atomic E-state index is 5.85. The lowest BCUT2D eigenvalue weighted by atomic mass is 9.85. The van der Waals surface area contributed by atoms with Gasteiger partial charge in [-0.05, 0) is 30.9 Å². The molecule has 1 N–H and O–H groups in total. The van der Waals surface area contributed by atoms with Crippen LogP contribution in [0.4, 0.5) is 0 Å². The first-order chi connectivity index (χ1) is 7.93. The number of nitrogens with zero attached hydrogens (tertiary/aromatic N) is 1. The average Bonchev–Trinajstić information content (AvgIpc) is 2.22. The highest BCUT2D eigenvalue weighted by atomic mass is 35.5. The molecular weight excluding hydrogens is 232 g/mol. The van der Waals surface area contributed by atoms with Gasteiger partial charge in [-0.2, -0.15) is 0 Å². The molecule has 3 heteroatoms. The van der Waals surface area contributed by atoms with Crippen molar-refractivity contribution in [2.24, 2.45) is 5.41 Å². The summed E-state index contributed by atoms with van der Waals surface area (Å²) in [6.07, 6.45) is 0.983. The standard InChI is InChI=1S/C14H23ClN2/c1-11-6-5-7-12(17-11)10-16-13(8-9-15)14(2,3)4/h5-7,13,16H,8-10H2,1-4H3. The van der Waals surface area contributed by atoms with Gasteiger partial charge in [-0.3, -0.25) is 4.98 Å². The minimum Gasteiger partial charge on any atom is -0.308 e. The van der Waals surface area contributed by atoms with Crippen molar-refractivity contribution in [1.82, 2.24) is 10.3 Å². The Hall–Kier alpha value is -0.600. The summed E-state index contributed by atoms with van der Waals surface area (Å²) in [6, 6.07) is 6.54. The molecule has 1 heterocycles. The van der Waals surface area contributed by atoms with E-state index in [0.717, 1.165) is 24.4 Å². The van der Waals surface area contributed by atoms with Crippen LogP contribution in [0, 0.1) is 12.3 Å². The second kappa shape index (κ2) is 6.36. The van der Waals surface area contributed by atoms with Crippen LogP contribution in [0.15, 0.2) is 18.2 Å². The smallest absolute Gasteiger partial charge is 0.0544 e. The van der Waals surface area contributed by atoms with Crippen molar-refractivity contribution < 1.29 is 0 Å². The second-order valence-corrected chi connectivity index (χ2v) is 5.93. The molecule has 17 heavy (non-hydrogen) atoms. The van der Waals surface area contributed by atoms with Gasteiger partial charge in [0.1, 0.15) is 0 Å². The molecule has 1 aromatic rings. The average molecular weight is 255 g/mol. The molecule has 0 aromatic carbocycles. The maximum Gasteiger partial charge on any atom is 0.0544 e. The van der Waals surface area contributed by atoms with Gasteiger partial charge in [-0.25, -0.2) is 0 Å². The summed E-state index contributed by atoms with van der Waals surface area (Å²) in [7, 11) is 0. The third-order valence-corrected chi connectivity index (χ3v) is 3.14. The molecule has 96 valence electrons. The summed E-state index contributed by atoms with van der Waals surface area (Å²) in [4.78, 5) is 4.49. The molecule has 0 aliphatic rings. The Bertz CT molecular complexity index is 344. The highest BCUT2D eigenvalue weighted by Crippen LogP contribution is 2.22. The van der Waals surface area contributed by atoms with E-state index >= 15 is 0 Å². The Morgan fingerprint density at radius 1 is 1.35 bits per heavy atom. The second-order valence-electron chi connectivity index (χ2n) is 5.55. The molecule has 1 unspecified atom stereocenters. The maximum absolute atomic E-state index is 5.85. The number of aromatic nitrogens is 1. The first kappa shape index (κ1) is 14.5. The Morgan fingerprint density at radius 2 is 2.06 bits per heavy atom. The first-order valence-electron chi connectivity index (χ1n) is 6.15. The van der Waals surface area contributed by atoms with Crippen LogP contribution in [0.1, 0.15) is 38.6 Å².